The topological polar surface area (TPSA) is 12.0 Å². The van der Waals surface area contributed by atoms with E-state index in [1.165, 1.54) is 12.1 Å². The molecule has 0 radical (unpaired) electrons. The van der Waals surface area contributed by atoms with Crippen molar-refractivity contribution >= 4 is 23.2 Å². The molecule has 0 aliphatic rings. The van der Waals surface area contributed by atoms with Gasteiger partial charge in [-0.25, -0.2) is 4.39 Å². The zero-order chi connectivity index (χ0) is 14.7. The minimum atomic E-state index is -0.232. The van der Waals surface area contributed by atoms with Crippen LogP contribution >= 0.6 is 23.2 Å². The van der Waals surface area contributed by atoms with Gasteiger partial charge in [-0.15, -0.1) is 0 Å². The van der Waals surface area contributed by atoms with E-state index in [1.807, 2.05) is 32.0 Å². The normalized spacial score (nSPS) is 14.1. The highest BCUT2D eigenvalue weighted by Crippen LogP contribution is 2.31. The van der Waals surface area contributed by atoms with Crippen molar-refractivity contribution in [3.8, 4) is 0 Å². The molecule has 0 spiro atoms. The zero-order valence-electron chi connectivity index (χ0n) is 11.3. The fourth-order valence-corrected chi connectivity index (χ4v) is 2.66. The summed E-state index contributed by atoms with van der Waals surface area (Å²) in [5, 5.41) is 4.49. The summed E-state index contributed by atoms with van der Waals surface area (Å²) in [5.74, 6) is -0.232. The van der Waals surface area contributed by atoms with Crippen LogP contribution in [0, 0.1) is 5.82 Å². The Morgan fingerprint density at radius 3 is 2.40 bits per heavy atom. The first-order chi connectivity index (χ1) is 9.49. The monoisotopic (exact) mass is 311 g/mol. The van der Waals surface area contributed by atoms with Crippen molar-refractivity contribution in [3.63, 3.8) is 0 Å². The Balaban J connectivity index is 2.15. The van der Waals surface area contributed by atoms with E-state index < -0.39 is 0 Å². The van der Waals surface area contributed by atoms with Crippen molar-refractivity contribution in [2.45, 2.75) is 25.9 Å². The quantitative estimate of drug-likeness (QED) is 0.781. The number of nitrogens with one attached hydrogen (secondary N) is 1. The molecule has 2 rings (SSSR count). The van der Waals surface area contributed by atoms with Crippen molar-refractivity contribution in [1.29, 1.82) is 0 Å². The highest BCUT2D eigenvalue weighted by atomic mass is 35.5. The van der Waals surface area contributed by atoms with Gasteiger partial charge in [-0.3, -0.25) is 0 Å². The van der Waals surface area contributed by atoms with Gasteiger partial charge in [0, 0.05) is 12.1 Å². The summed E-state index contributed by atoms with van der Waals surface area (Å²) in [6, 6.07) is 12.2. The first kappa shape index (κ1) is 15.3. The minimum absolute atomic E-state index is 0.00995. The van der Waals surface area contributed by atoms with Gasteiger partial charge in [0.05, 0.1) is 10.0 Å². The zero-order valence-corrected chi connectivity index (χ0v) is 12.8. The summed E-state index contributed by atoms with van der Waals surface area (Å²) in [4.78, 5) is 0. The van der Waals surface area contributed by atoms with Crippen molar-refractivity contribution in [3.05, 3.63) is 69.5 Å². The summed E-state index contributed by atoms with van der Waals surface area (Å²) in [7, 11) is 0. The minimum Gasteiger partial charge on any atom is -0.304 e. The van der Waals surface area contributed by atoms with Gasteiger partial charge in [0.25, 0.3) is 0 Å². The average Bonchev–Trinajstić information content (AvgIpc) is 2.41. The Kier molecular flexibility index (Phi) is 5.03. The van der Waals surface area contributed by atoms with E-state index in [1.54, 1.807) is 12.1 Å². The van der Waals surface area contributed by atoms with Crippen LogP contribution < -0.4 is 5.32 Å². The smallest absolute Gasteiger partial charge is 0.123 e. The van der Waals surface area contributed by atoms with Gasteiger partial charge in [-0.2, -0.15) is 0 Å². The summed E-state index contributed by atoms with van der Waals surface area (Å²) >= 11 is 12.2. The molecule has 2 aromatic carbocycles. The molecular formula is C16H16Cl2FN. The summed E-state index contributed by atoms with van der Waals surface area (Å²) in [6.45, 7) is 4.00. The second-order valence-electron chi connectivity index (χ2n) is 4.81. The lowest BCUT2D eigenvalue weighted by Gasteiger charge is -2.22. The van der Waals surface area contributed by atoms with Crippen molar-refractivity contribution in [2.24, 2.45) is 0 Å². The van der Waals surface area contributed by atoms with Crippen LogP contribution in [0.1, 0.15) is 37.1 Å². The van der Waals surface area contributed by atoms with Crippen molar-refractivity contribution in [1.82, 2.24) is 5.32 Å². The third kappa shape index (κ3) is 3.51. The molecule has 0 aliphatic carbocycles. The molecule has 0 amide bonds. The molecule has 0 fully saturated rings. The highest BCUT2D eigenvalue weighted by Gasteiger charge is 2.15. The van der Waals surface area contributed by atoms with Gasteiger partial charge in [0.1, 0.15) is 5.82 Å². The molecule has 2 atom stereocenters. The van der Waals surface area contributed by atoms with Crippen molar-refractivity contribution in [2.75, 3.05) is 0 Å². The lowest BCUT2D eigenvalue weighted by molar-refractivity contribution is 0.492. The van der Waals surface area contributed by atoms with Gasteiger partial charge in [-0.1, -0.05) is 47.5 Å². The Labute approximate surface area is 128 Å². The Morgan fingerprint density at radius 2 is 1.70 bits per heavy atom. The molecule has 1 N–H and O–H groups in total. The molecule has 0 saturated carbocycles. The fourth-order valence-electron chi connectivity index (χ4n) is 2.19. The lowest BCUT2D eigenvalue weighted by atomic mass is 10.0. The third-order valence-electron chi connectivity index (χ3n) is 3.30. The number of hydrogen-bond acceptors (Lipinski definition) is 1. The van der Waals surface area contributed by atoms with E-state index in [9.17, 15) is 4.39 Å². The van der Waals surface area contributed by atoms with Crippen LogP contribution in [0.25, 0.3) is 0 Å². The van der Waals surface area contributed by atoms with Crippen LogP contribution in [0.4, 0.5) is 4.39 Å². The molecule has 0 aliphatic heterocycles. The molecule has 106 valence electrons. The fraction of sp³-hybridized carbons (Fsp3) is 0.250. The van der Waals surface area contributed by atoms with Crippen LogP contribution in [-0.4, -0.2) is 0 Å². The SMILES string of the molecule is CC(N[C@@H](C)c1cccc(F)c1)c1cccc(Cl)c1Cl. The summed E-state index contributed by atoms with van der Waals surface area (Å²) < 4.78 is 13.2. The molecule has 20 heavy (non-hydrogen) atoms. The lowest BCUT2D eigenvalue weighted by Crippen LogP contribution is -2.22. The Bertz CT molecular complexity index is 601. The van der Waals surface area contributed by atoms with Gasteiger partial charge in [0.15, 0.2) is 0 Å². The molecule has 4 heteroatoms. The second kappa shape index (κ2) is 6.57. The van der Waals surface area contributed by atoms with Gasteiger partial charge in [-0.05, 0) is 43.2 Å². The Hall–Kier alpha value is -1.09. The van der Waals surface area contributed by atoms with Crippen molar-refractivity contribution < 1.29 is 4.39 Å². The van der Waals surface area contributed by atoms with Crippen LogP contribution in [0.5, 0.6) is 0 Å². The van der Waals surface area contributed by atoms with Gasteiger partial charge in [0.2, 0.25) is 0 Å². The van der Waals surface area contributed by atoms with Crippen LogP contribution in [0.3, 0.4) is 0 Å². The predicted molar refractivity (Wildman–Crippen MR) is 82.8 cm³/mol. The maximum atomic E-state index is 13.2. The van der Waals surface area contributed by atoms with E-state index in [4.69, 9.17) is 23.2 Å². The standard InChI is InChI=1S/C16H16Cl2FN/c1-10(12-5-3-6-13(19)9-12)20-11(2)14-7-4-8-15(17)16(14)18/h3-11,20H,1-2H3/t10-,11?/m0/s1. The molecule has 1 unspecified atom stereocenters. The summed E-state index contributed by atoms with van der Waals surface area (Å²) in [6.07, 6.45) is 0. The number of benzene rings is 2. The molecule has 0 heterocycles. The van der Waals surface area contributed by atoms with E-state index in [2.05, 4.69) is 5.32 Å². The van der Waals surface area contributed by atoms with Gasteiger partial charge < -0.3 is 5.32 Å². The molecular weight excluding hydrogens is 296 g/mol. The molecule has 0 bridgehead atoms. The first-order valence-electron chi connectivity index (χ1n) is 6.44. The van der Waals surface area contributed by atoms with Gasteiger partial charge >= 0.3 is 0 Å². The maximum Gasteiger partial charge on any atom is 0.123 e. The molecule has 0 aromatic heterocycles. The number of rotatable bonds is 4. The highest BCUT2D eigenvalue weighted by molar-refractivity contribution is 6.42. The molecule has 1 nitrogen and oxygen atoms in total. The van der Waals surface area contributed by atoms with E-state index in [0.717, 1.165) is 11.1 Å². The molecule has 0 saturated heterocycles. The number of hydrogen-bond donors (Lipinski definition) is 1. The third-order valence-corrected chi connectivity index (χ3v) is 4.13. The Morgan fingerprint density at radius 1 is 1.00 bits per heavy atom. The second-order valence-corrected chi connectivity index (χ2v) is 5.59. The van der Waals surface area contributed by atoms with Crippen LogP contribution in [-0.2, 0) is 0 Å². The predicted octanol–water partition coefficient (Wildman–Crippen LogP) is 5.54. The van der Waals surface area contributed by atoms with E-state index in [0.29, 0.717) is 10.0 Å². The van der Waals surface area contributed by atoms with Crippen LogP contribution in [0.2, 0.25) is 10.0 Å². The van der Waals surface area contributed by atoms with E-state index >= 15 is 0 Å². The van der Waals surface area contributed by atoms with E-state index in [-0.39, 0.29) is 17.9 Å². The maximum absolute atomic E-state index is 13.2. The first-order valence-corrected chi connectivity index (χ1v) is 7.20. The molecule has 2 aromatic rings. The number of halogens is 3. The average molecular weight is 312 g/mol. The largest absolute Gasteiger partial charge is 0.304 e. The summed E-state index contributed by atoms with van der Waals surface area (Å²) in [5.41, 5.74) is 1.83. The van der Waals surface area contributed by atoms with Crippen LogP contribution in [0.15, 0.2) is 42.5 Å².